The Bertz CT molecular complexity index is 1260. The molecule has 0 spiro atoms. The van der Waals surface area contributed by atoms with Gasteiger partial charge >= 0.3 is 36.9 Å². The summed E-state index contributed by atoms with van der Waals surface area (Å²) in [4.78, 5) is 0. The van der Waals surface area contributed by atoms with Crippen molar-refractivity contribution >= 4 is 43.1 Å². The van der Waals surface area contributed by atoms with Crippen LogP contribution in [0.5, 0.6) is 0 Å². The van der Waals surface area contributed by atoms with Crippen LogP contribution in [0.1, 0.15) is 6.42 Å². The second kappa shape index (κ2) is 12.0. The molecule has 1 heteroatoms. The Hall–Kier alpha value is -2.93. The van der Waals surface area contributed by atoms with E-state index in [0.29, 0.717) is 0 Å². The topological polar surface area (TPSA) is 0 Å². The summed E-state index contributed by atoms with van der Waals surface area (Å²) in [6.45, 7) is 0. The van der Waals surface area contributed by atoms with E-state index in [-0.39, 0.29) is 36.9 Å². The third-order valence-corrected chi connectivity index (χ3v) is 5.64. The molecule has 6 aromatic rings. The molecule has 0 bridgehead atoms. The molecule has 0 heterocycles. The standard InChI is InChI=1S/2C14H9.C5H5.Lu/c2*1-2-6-12-10-14-8-4-3-7-13(14)9-11(12)5-1;1-2-4-5-3-1;/h2*1-7,9-10H;1-3H,4H2;/q3*-1;+3. The first-order valence-corrected chi connectivity index (χ1v) is 11.2. The summed E-state index contributed by atoms with van der Waals surface area (Å²) in [5.41, 5.74) is 0. The van der Waals surface area contributed by atoms with Gasteiger partial charge in [0.1, 0.15) is 0 Å². The Morgan fingerprint density at radius 1 is 0.500 bits per heavy atom. The first kappa shape index (κ1) is 24.2. The monoisotopic (exact) mass is 594 g/mol. The van der Waals surface area contributed by atoms with Crippen molar-refractivity contribution in [2.24, 2.45) is 0 Å². The van der Waals surface area contributed by atoms with E-state index in [1.807, 2.05) is 36.4 Å². The molecule has 1 aliphatic rings. The number of hydrogen-bond acceptors (Lipinski definition) is 0. The number of allylic oxidation sites excluding steroid dienone is 4. The van der Waals surface area contributed by atoms with Crippen molar-refractivity contribution in [1.82, 2.24) is 0 Å². The average Bonchev–Trinajstić information content (AvgIpc) is 3.47. The van der Waals surface area contributed by atoms with Crippen molar-refractivity contribution in [2.75, 3.05) is 0 Å². The molecule has 170 valence electrons. The molecule has 0 unspecified atom stereocenters. The Morgan fingerprint density at radius 2 is 0.941 bits per heavy atom. The zero-order chi connectivity index (χ0) is 22.3. The molecule has 0 N–H and O–H groups in total. The minimum Gasteiger partial charge on any atom is -0.273 e. The van der Waals surface area contributed by atoms with Crippen molar-refractivity contribution < 1.29 is 36.9 Å². The maximum absolute atomic E-state index is 3.24. The predicted molar refractivity (Wildman–Crippen MR) is 142 cm³/mol. The second-order valence-corrected chi connectivity index (χ2v) is 7.92. The maximum Gasteiger partial charge on any atom is 3.00 e. The molecular weight excluding hydrogens is 571 g/mol. The van der Waals surface area contributed by atoms with Crippen LogP contribution in [0.2, 0.25) is 0 Å². The number of hydrogen-bond donors (Lipinski definition) is 0. The summed E-state index contributed by atoms with van der Waals surface area (Å²) in [6.07, 6.45) is 10.0. The fourth-order valence-corrected chi connectivity index (χ4v) is 3.96. The van der Waals surface area contributed by atoms with Crippen molar-refractivity contribution in [3.8, 4) is 0 Å². The Kier molecular flexibility index (Phi) is 8.53. The van der Waals surface area contributed by atoms with E-state index in [1.54, 1.807) is 0 Å². The van der Waals surface area contributed by atoms with Crippen molar-refractivity contribution in [2.45, 2.75) is 6.42 Å². The summed E-state index contributed by atoms with van der Waals surface area (Å²) in [5.74, 6) is 0. The van der Waals surface area contributed by atoms with Crippen LogP contribution in [0.25, 0.3) is 43.1 Å². The van der Waals surface area contributed by atoms with Crippen LogP contribution in [0.15, 0.2) is 127 Å². The van der Waals surface area contributed by atoms with Gasteiger partial charge in [-0.1, -0.05) is 71.4 Å². The van der Waals surface area contributed by atoms with Crippen LogP contribution in [-0.2, 0) is 0 Å². The largest absolute Gasteiger partial charge is 3.00 e. The number of benzene rings is 6. The molecule has 6 aromatic carbocycles. The van der Waals surface area contributed by atoms with Crippen LogP contribution >= 0.6 is 0 Å². The zero-order valence-electron chi connectivity index (χ0n) is 18.6. The van der Waals surface area contributed by atoms with E-state index in [1.165, 1.54) is 43.1 Å². The third kappa shape index (κ3) is 5.95. The van der Waals surface area contributed by atoms with Gasteiger partial charge in [0, 0.05) is 0 Å². The van der Waals surface area contributed by atoms with Crippen molar-refractivity contribution in [3.63, 3.8) is 0 Å². The molecule has 0 radical (unpaired) electrons. The SMILES string of the molecule is [C-]1=CC=CC1.[Lu+3].[c-]1cccc2cc3ccccc3cc12.[c-]1cccc2cc3ccccc3cc12. The molecular formula is C33H23Lu. The van der Waals surface area contributed by atoms with Gasteiger partial charge in [-0.3, -0.25) is 6.08 Å². The molecule has 0 saturated carbocycles. The average molecular weight is 595 g/mol. The zero-order valence-corrected chi connectivity index (χ0v) is 20.2. The Morgan fingerprint density at radius 3 is 1.32 bits per heavy atom. The van der Waals surface area contributed by atoms with Crippen LogP contribution in [0.4, 0.5) is 0 Å². The molecule has 7 rings (SSSR count). The van der Waals surface area contributed by atoms with E-state index in [9.17, 15) is 0 Å². The quantitative estimate of drug-likeness (QED) is 0.122. The molecule has 1 aliphatic carbocycles. The second-order valence-electron chi connectivity index (χ2n) is 7.92. The minimum absolute atomic E-state index is 0. The van der Waals surface area contributed by atoms with Gasteiger partial charge in [0.15, 0.2) is 0 Å². The van der Waals surface area contributed by atoms with Crippen LogP contribution in [0.3, 0.4) is 0 Å². The molecule has 0 aliphatic heterocycles. The summed E-state index contributed by atoms with van der Waals surface area (Å²) in [5, 5.41) is 10.0. The molecule has 0 aromatic heterocycles. The Labute approximate surface area is 230 Å². The minimum atomic E-state index is 0. The first-order valence-electron chi connectivity index (χ1n) is 11.2. The van der Waals surface area contributed by atoms with Crippen LogP contribution in [0, 0.1) is 55.1 Å². The summed E-state index contributed by atoms with van der Waals surface area (Å²) >= 11 is 0. The van der Waals surface area contributed by atoms with Gasteiger partial charge in [-0.05, 0) is 10.8 Å². The third-order valence-electron chi connectivity index (χ3n) is 5.64. The predicted octanol–water partition coefficient (Wildman–Crippen LogP) is 8.89. The van der Waals surface area contributed by atoms with E-state index < -0.39 is 0 Å². The fraction of sp³-hybridized carbons (Fsp3) is 0.0303. The van der Waals surface area contributed by atoms with Crippen molar-refractivity contribution in [3.05, 3.63) is 146 Å². The maximum atomic E-state index is 3.24. The van der Waals surface area contributed by atoms with E-state index in [0.717, 1.165) is 6.42 Å². The molecule has 34 heavy (non-hydrogen) atoms. The van der Waals surface area contributed by atoms with E-state index in [4.69, 9.17) is 0 Å². The molecule has 0 saturated heterocycles. The van der Waals surface area contributed by atoms with Crippen LogP contribution < -0.4 is 0 Å². The van der Waals surface area contributed by atoms with Crippen LogP contribution in [-0.4, -0.2) is 0 Å². The number of rotatable bonds is 0. The van der Waals surface area contributed by atoms with E-state index >= 15 is 0 Å². The molecule has 0 atom stereocenters. The molecule has 0 nitrogen and oxygen atoms in total. The Balaban J connectivity index is 0.000000131. The van der Waals surface area contributed by atoms with Crippen molar-refractivity contribution in [1.29, 1.82) is 0 Å². The van der Waals surface area contributed by atoms with Gasteiger partial charge in [0.25, 0.3) is 0 Å². The summed E-state index contributed by atoms with van der Waals surface area (Å²) < 4.78 is 0. The summed E-state index contributed by atoms with van der Waals surface area (Å²) in [6, 6.07) is 44.3. The molecule has 0 fully saturated rings. The van der Waals surface area contributed by atoms with E-state index in [2.05, 4.69) is 109 Å². The summed E-state index contributed by atoms with van der Waals surface area (Å²) in [7, 11) is 0. The smallest absolute Gasteiger partial charge is 0.273 e. The van der Waals surface area contributed by atoms with Gasteiger partial charge in [-0.15, -0.1) is 88.6 Å². The van der Waals surface area contributed by atoms with Gasteiger partial charge < -0.3 is 0 Å². The first-order chi connectivity index (χ1) is 16.4. The number of fused-ring (bicyclic) bond motifs is 4. The van der Waals surface area contributed by atoms with Gasteiger partial charge in [-0.25, -0.2) is 12.2 Å². The fourth-order valence-electron chi connectivity index (χ4n) is 3.96. The van der Waals surface area contributed by atoms with Gasteiger partial charge in [-0.2, -0.15) is 6.08 Å². The molecule has 0 amide bonds. The van der Waals surface area contributed by atoms with Gasteiger partial charge in [0.05, 0.1) is 0 Å². The normalized spacial score (nSPS) is 11.5. The van der Waals surface area contributed by atoms with Gasteiger partial charge in [0.2, 0.25) is 0 Å².